The van der Waals surface area contributed by atoms with Gasteiger partial charge in [-0.25, -0.2) is 4.98 Å². The minimum absolute atomic E-state index is 0.111. The predicted molar refractivity (Wildman–Crippen MR) is 92.7 cm³/mol. The first-order chi connectivity index (χ1) is 11.0. The van der Waals surface area contributed by atoms with Crippen molar-refractivity contribution in [3.8, 4) is 0 Å². The molecule has 3 rings (SSSR count). The van der Waals surface area contributed by atoms with Crippen molar-refractivity contribution in [2.24, 2.45) is 0 Å². The summed E-state index contributed by atoms with van der Waals surface area (Å²) in [7, 11) is 0. The second-order valence-electron chi connectivity index (χ2n) is 6.04. The molecule has 0 aliphatic carbocycles. The van der Waals surface area contributed by atoms with Crippen LogP contribution >= 0.6 is 0 Å². The van der Waals surface area contributed by atoms with Crippen molar-refractivity contribution in [3.05, 3.63) is 53.2 Å². The number of anilines is 2. The fraction of sp³-hybridized carbons (Fsp3) is 0.333. The van der Waals surface area contributed by atoms with Crippen LogP contribution in [-0.2, 0) is 0 Å². The number of piperazine rings is 1. The molecule has 1 amide bonds. The summed E-state index contributed by atoms with van der Waals surface area (Å²) in [6, 6.07) is 9.82. The van der Waals surface area contributed by atoms with Crippen LogP contribution in [0.25, 0.3) is 0 Å². The van der Waals surface area contributed by atoms with Crippen LogP contribution in [0.5, 0.6) is 0 Å². The number of pyridine rings is 1. The fourth-order valence-electron chi connectivity index (χ4n) is 2.87. The average molecular weight is 310 g/mol. The number of nitrogens with two attached hydrogens (primary N) is 1. The van der Waals surface area contributed by atoms with Gasteiger partial charge in [0.2, 0.25) is 0 Å². The minimum atomic E-state index is 0.111. The van der Waals surface area contributed by atoms with Crippen LogP contribution in [-0.4, -0.2) is 42.0 Å². The Morgan fingerprint density at radius 2 is 1.87 bits per heavy atom. The topological polar surface area (TPSA) is 62.5 Å². The summed E-state index contributed by atoms with van der Waals surface area (Å²) < 4.78 is 0. The molecule has 0 atom stereocenters. The van der Waals surface area contributed by atoms with Crippen LogP contribution in [0, 0.1) is 13.8 Å². The van der Waals surface area contributed by atoms with Crippen LogP contribution < -0.4 is 10.6 Å². The molecule has 0 radical (unpaired) electrons. The lowest BCUT2D eigenvalue weighted by Crippen LogP contribution is -2.48. The molecule has 0 bridgehead atoms. The van der Waals surface area contributed by atoms with E-state index in [-0.39, 0.29) is 5.91 Å². The van der Waals surface area contributed by atoms with Gasteiger partial charge in [0.1, 0.15) is 5.82 Å². The zero-order chi connectivity index (χ0) is 16.4. The second kappa shape index (κ2) is 6.28. The quantitative estimate of drug-likeness (QED) is 0.924. The molecule has 1 saturated heterocycles. The van der Waals surface area contributed by atoms with E-state index in [1.165, 1.54) is 0 Å². The van der Waals surface area contributed by atoms with Gasteiger partial charge < -0.3 is 15.5 Å². The Kier molecular flexibility index (Phi) is 4.19. The Morgan fingerprint density at radius 1 is 1.13 bits per heavy atom. The van der Waals surface area contributed by atoms with E-state index in [9.17, 15) is 4.79 Å². The second-order valence-corrected chi connectivity index (χ2v) is 6.04. The van der Waals surface area contributed by atoms with Gasteiger partial charge in [0.05, 0.1) is 11.9 Å². The largest absolute Gasteiger partial charge is 0.383 e. The van der Waals surface area contributed by atoms with Gasteiger partial charge in [-0.2, -0.15) is 0 Å². The van der Waals surface area contributed by atoms with E-state index in [0.717, 1.165) is 48.6 Å². The number of hydrogen-bond acceptors (Lipinski definition) is 4. The first-order valence-corrected chi connectivity index (χ1v) is 7.87. The molecule has 0 spiro atoms. The normalized spacial score (nSPS) is 14.9. The van der Waals surface area contributed by atoms with E-state index in [0.29, 0.717) is 5.82 Å². The number of rotatable bonds is 2. The number of nitrogens with zero attached hydrogens (tertiary/aromatic N) is 3. The Labute approximate surface area is 136 Å². The van der Waals surface area contributed by atoms with E-state index < -0.39 is 0 Å². The van der Waals surface area contributed by atoms with Crippen molar-refractivity contribution in [2.45, 2.75) is 13.8 Å². The summed E-state index contributed by atoms with van der Waals surface area (Å²) in [4.78, 5) is 21.0. The van der Waals surface area contributed by atoms with Gasteiger partial charge in [-0.1, -0.05) is 17.7 Å². The Bertz CT molecular complexity index is 721. The lowest BCUT2D eigenvalue weighted by Gasteiger charge is -2.36. The van der Waals surface area contributed by atoms with E-state index in [1.54, 1.807) is 6.20 Å². The number of hydrogen-bond donors (Lipinski definition) is 1. The molecule has 0 saturated carbocycles. The highest BCUT2D eigenvalue weighted by molar-refractivity contribution is 5.94. The third-order valence-electron chi connectivity index (χ3n) is 4.30. The summed E-state index contributed by atoms with van der Waals surface area (Å²) in [5.41, 5.74) is 9.71. The summed E-state index contributed by atoms with van der Waals surface area (Å²) in [5, 5.41) is 0. The molecule has 1 aliphatic heterocycles. The van der Waals surface area contributed by atoms with Crippen LogP contribution in [0.4, 0.5) is 11.5 Å². The number of carbonyl (C=O) groups excluding carboxylic acids is 1. The maximum atomic E-state index is 12.6. The highest BCUT2D eigenvalue weighted by Crippen LogP contribution is 2.20. The number of aromatic nitrogens is 1. The zero-order valence-corrected chi connectivity index (χ0v) is 13.6. The molecule has 2 aromatic rings. The third-order valence-corrected chi connectivity index (χ3v) is 4.30. The summed E-state index contributed by atoms with van der Waals surface area (Å²) in [6.07, 6.45) is 1.81. The van der Waals surface area contributed by atoms with Crippen LogP contribution in [0.1, 0.15) is 21.5 Å². The van der Waals surface area contributed by atoms with Gasteiger partial charge in [-0.15, -0.1) is 0 Å². The van der Waals surface area contributed by atoms with Gasteiger partial charge in [-0.05, 0) is 37.6 Å². The van der Waals surface area contributed by atoms with E-state index in [1.807, 2.05) is 43.0 Å². The van der Waals surface area contributed by atoms with Gasteiger partial charge in [0, 0.05) is 31.7 Å². The molecule has 23 heavy (non-hydrogen) atoms. The van der Waals surface area contributed by atoms with Crippen molar-refractivity contribution in [1.29, 1.82) is 0 Å². The first kappa shape index (κ1) is 15.3. The molecular weight excluding hydrogens is 288 g/mol. The molecule has 1 aromatic carbocycles. The maximum absolute atomic E-state index is 12.6. The van der Waals surface area contributed by atoms with Crippen molar-refractivity contribution in [3.63, 3.8) is 0 Å². The molecule has 5 heteroatoms. The fourth-order valence-corrected chi connectivity index (χ4v) is 2.87. The molecule has 2 N–H and O–H groups in total. The number of nitrogen functional groups attached to an aromatic ring is 1. The third kappa shape index (κ3) is 3.28. The number of carbonyl (C=O) groups is 1. The monoisotopic (exact) mass is 310 g/mol. The Balaban J connectivity index is 1.66. The lowest BCUT2D eigenvalue weighted by atomic mass is 10.1. The van der Waals surface area contributed by atoms with Crippen molar-refractivity contribution in [2.75, 3.05) is 36.8 Å². The molecule has 0 unspecified atom stereocenters. The van der Waals surface area contributed by atoms with Crippen molar-refractivity contribution >= 4 is 17.4 Å². The van der Waals surface area contributed by atoms with Gasteiger partial charge >= 0.3 is 0 Å². The maximum Gasteiger partial charge on any atom is 0.253 e. The molecular formula is C18H22N4O. The molecule has 1 aliphatic rings. The number of benzene rings is 1. The van der Waals surface area contributed by atoms with Crippen molar-refractivity contribution < 1.29 is 4.79 Å². The Morgan fingerprint density at radius 3 is 2.52 bits per heavy atom. The lowest BCUT2D eigenvalue weighted by molar-refractivity contribution is 0.0746. The highest BCUT2D eigenvalue weighted by Gasteiger charge is 2.22. The zero-order valence-electron chi connectivity index (χ0n) is 13.6. The summed E-state index contributed by atoms with van der Waals surface area (Å²) in [5.74, 6) is 0.682. The standard InChI is InChI=1S/C18H22N4O/c1-13-4-3-5-15(10-13)18(23)22-8-6-21(7-9-22)16-11-14(2)17(19)20-12-16/h3-5,10-12H,6-9H2,1-2H3,(H2,19,20). The Hall–Kier alpha value is -2.56. The summed E-state index contributed by atoms with van der Waals surface area (Å²) in [6.45, 7) is 7.02. The van der Waals surface area contributed by atoms with E-state index >= 15 is 0 Å². The van der Waals surface area contributed by atoms with E-state index in [2.05, 4.69) is 16.0 Å². The van der Waals surface area contributed by atoms with Crippen LogP contribution in [0.3, 0.4) is 0 Å². The average Bonchev–Trinajstić information content (AvgIpc) is 2.57. The predicted octanol–water partition coefficient (Wildman–Crippen LogP) is 2.24. The first-order valence-electron chi connectivity index (χ1n) is 7.87. The van der Waals surface area contributed by atoms with Gasteiger partial charge in [0.25, 0.3) is 5.91 Å². The highest BCUT2D eigenvalue weighted by atomic mass is 16.2. The van der Waals surface area contributed by atoms with Crippen LogP contribution in [0.2, 0.25) is 0 Å². The minimum Gasteiger partial charge on any atom is -0.383 e. The smallest absolute Gasteiger partial charge is 0.253 e. The van der Waals surface area contributed by atoms with Gasteiger partial charge in [-0.3, -0.25) is 4.79 Å². The van der Waals surface area contributed by atoms with Crippen molar-refractivity contribution in [1.82, 2.24) is 9.88 Å². The molecule has 1 fully saturated rings. The number of amides is 1. The van der Waals surface area contributed by atoms with Crippen LogP contribution in [0.15, 0.2) is 36.5 Å². The molecule has 1 aromatic heterocycles. The number of aryl methyl sites for hydroxylation is 2. The molecule has 2 heterocycles. The molecule has 120 valence electrons. The summed E-state index contributed by atoms with van der Waals surface area (Å²) >= 11 is 0. The van der Waals surface area contributed by atoms with Gasteiger partial charge in [0.15, 0.2) is 0 Å². The van der Waals surface area contributed by atoms with E-state index in [4.69, 9.17) is 5.73 Å². The SMILES string of the molecule is Cc1cccc(C(=O)N2CCN(c3cnc(N)c(C)c3)CC2)c1. The molecule has 5 nitrogen and oxygen atoms in total.